The summed E-state index contributed by atoms with van der Waals surface area (Å²) in [5, 5.41) is 4.56. The number of hydrazone groups is 1. The molecule has 19 heavy (non-hydrogen) atoms. The summed E-state index contributed by atoms with van der Waals surface area (Å²) in [6, 6.07) is 10.3. The van der Waals surface area contributed by atoms with Gasteiger partial charge in [0.25, 0.3) is 5.91 Å². The molecule has 1 amide bonds. The summed E-state index contributed by atoms with van der Waals surface area (Å²) in [4.78, 5) is 15.8. The fourth-order valence-corrected chi connectivity index (χ4v) is 1.68. The summed E-state index contributed by atoms with van der Waals surface area (Å²) in [6.45, 7) is 1.81. The molecular formula is C14H12ClN3O. The third kappa shape index (κ3) is 3.63. The summed E-state index contributed by atoms with van der Waals surface area (Å²) in [5.74, 6) is -0.295. The highest BCUT2D eigenvalue weighted by Gasteiger charge is 2.05. The van der Waals surface area contributed by atoms with E-state index in [2.05, 4.69) is 15.5 Å². The van der Waals surface area contributed by atoms with Gasteiger partial charge in [-0.3, -0.25) is 9.78 Å². The van der Waals surface area contributed by atoms with Crippen LogP contribution in [-0.4, -0.2) is 16.6 Å². The number of hydrogen-bond donors (Lipinski definition) is 1. The molecular weight excluding hydrogens is 262 g/mol. The molecule has 0 spiro atoms. The average molecular weight is 274 g/mol. The monoisotopic (exact) mass is 273 g/mol. The number of pyridine rings is 1. The first-order chi connectivity index (χ1) is 9.16. The van der Waals surface area contributed by atoms with Crippen molar-refractivity contribution < 1.29 is 4.79 Å². The van der Waals surface area contributed by atoms with E-state index in [1.165, 1.54) is 0 Å². The van der Waals surface area contributed by atoms with Crippen LogP contribution >= 0.6 is 11.6 Å². The van der Waals surface area contributed by atoms with Crippen molar-refractivity contribution in [3.05, 3.63) is 64.9 Å². The van der Waals surface area contributed by atoms with Crippen molar-refractivity contribution in [3.8, 4) is 0 Å². The lowest BCUT2D eigenvalue weighted by molar-refractivity contribution is 0.0955. The van der Waals surface area contributed by atoms with Gasteiger partial charge in [0.2, 0.25) is 0 Å². The molecule has 0 saturated heterocycles. The van der Waals surface area contributed by atoms with E-state index in [1.54, 1.807) is 36.7 Å². The van der Waals surface area contributed by atoms with Gasteiger partial charge in [0.05, 0.1) is 5.71 Å². The van der Waals surface area contributed by atoms with Gasteiger partial charge in [-0.05, 0) is 37.3 Å². The Hall–Kier alpha value is -2.20. The standard InChI is InChI=1S/C14H12ClN3O/c1-10(11-5-7-16-8-6-11)17-18-14(19)12-3-2-4-13(15)9-12/h2-9H,1H3,(H,18,19)/b17-10-. The molecule has 2 rings (SSSR count). The number of nitrogens with zero attached hydrogens (tertiary/aromatic N) is 2. The molecule has 0 fully saturated rings. The minimum absolute atomic E-state index is 0.295. The van der Waals surface area contributed by atoms with E-state index in [-0.39, 0.29) is 5.91 Å². The van der Waals surface area contributed by atoms with Gasteiger partial charge in [-0.25, -0.2) is 5.43 Å². The number of carbonyl (C=O) groups excluding carboxylic acids is 1. The Morgan fingerprint density at radius 1 is 1.21 bits per heavy atom. The molecule has 1 heterocycles. The summed E-state index contributed by atoms with van der Waals surface area (Å²) in [5.41, 5.74) is 4.58. The highest BCUT2D eigenvalue weighted by molar-refractivity contribution is 6.30. The highest BCUT2D eigenvalue weighted by Crippen LogP contribution is 2.10. The minimum Gasteiger partial charge on any atom is -0.267 e. The zero-order valence-electron chi connectivity index (χ0n) is 10.3. The van der Waals surface area contributed by atoms with Crippen LogP contribution in [0.5, 0.6) is 0 Å². The fourth-order valence-electron chi connectivity index (χ4n) is 1.49. The second kappa shape index (κ2) is 6.11. The van der Waals surface area contributed by atoms with Crippen LogP contribution < -0.4 is 5.43 Å². The number of hydrogen-bond acceptors (Lipinski definition) is 3. The van der Waals surface area contributed by atoms with E-state index >= 15 is 0 Å². The lowest BCUT2D eigenvalue weighted by Gasteiger charge is -2.03. The van der Waals surface area contributed by atoms with Gasteiger partial charge in [-0.15, -0.1) is 0 Å². The van der Waals surface area contributed by atoms with Crippen molar-refractivity contribution in [3.63, 3.8) is 0 Å². The van der Waals surface area contributed by atoms with E-state index in [0.29, 0.717) is 16.3 Å². The Morgan fingerprint density at radius 3 is 2.63 bits per heavy atom. The molecule has 0 radical (unpaired) electrons. The molecule has 0 aliphatic rings. The summed E-state index contributed by atoms with van der Waals surface area (Å²) in [7, 11) is 0. The normalized spacial score (nSPS) is 11.2. The average Bonchev–Trinajstić information content (AvgIpc) is 2.45. The Balaban J connectivity index is 2.08. The van der Waals surface area contributed by atoms with Gasteiger partial charge in [0.15, 0.2) is 0 Å². The number of halogens is 1. The maximum Gasteiger partial charge on any atom is 0.271 e. The molecule has 0 aliphatic heterocycles. The number of benzene rings is 1. The third-order valence-electron chi connectivity index (χ3n) is 2.51. The number of nitrogens with one attached hydrogen (secondary N) is 1. The zero-order valence-corrected chi connectivity index (χ0v) is 11.1. The van der Waals surface area contributed by atoms with Crippen molar-refractivity contribution in [1.29, 1.82) is 0 Å². The molecule has 1 aromatic carbocycles. The fraction of sp³-hybridized carbons (Fsp3) is 0.0714. The van der Waals surface area contributed by atoms with Gasteiger partial charge in [-0.1, -0.05) is 17.7 Å². The van der Waals surface area contributed by atoms with Crippen LogP contribution in [0.25, 0.3) is 0 Å². The Labute approximate surface area is 116 Å². The maximum absolute atomic E-state index is 11.8. The molecule has 0 unspecified atom stereocenters. The van der Waals surface area contributed by atoms with Gasteiger partial charge >= 0.3 is 0 Å². The lowest BCUT2D eigenvalue weighted by atomic mass is 10.2. The van der Waals surface area contributed by atoms with Crippen molar-refractivity contribution in [2.45, 2.75) is 6.92 Å². The number of amides is 1. The second-order valence-electron chi connectivity index (χ2n) is 3.88. The largest absolute Gasteiger partial charge is 0.271 e. The van der Waals surface area contributed by atoms with Crippen LogP contribution in [0.1, 0.15) is 22.8 Å². The molecule has 96 valence electrons. The van der Waals surface area contributed by atoms with Crippen molar-refractivity contribution in [1.82, 2.24) is 10.4 Å². The topological polar surface area (TPSA) is 54.4 Å². The van der Waals surface area contributed by atoms with Crippen LogP contribution in [0.4, 0.5) is 0 Å². The van der Waals surface area contributed by atoms with Crippen molar-refractivity contribution in [2.75, 3.05) is 0 Å². The molecule has 1 N–H and O–H groups in total. The van der Waals surface area contributed by atoms with Gasteiger partial charge < -0.3 is 0 Å². The van der Waals surface area contributed by atoms with E-state index in [9.17, 15) is 4.79 Å². The lowest BCUT2D eigenvalue weighted by Crippen LogP contribution is -2.19. The first-order valence-electron chi connectivity index (χ1n) is 5.67. The first kappa shape index (κ1) is 13.2. The Bertz CT molecular complexity index is 611. The van der Waals surface area contributed by atoms with Gasteiger partial charge in [0.1, 0.15) is 0 Å². The number of rotatable bonds is 3. The van der Waals surface area contributed by atoms with E-state index in [0.717, 1.165) is 5.56 Å². The second-order valence-corrected chi connectivity index (χ2v) is 4.32. The Kier molecular flexibility index (Phi) is 4.26. The summed E-state index contributed by atoms with van der Waals surface area (Å²) >= 11 is 5.82. The summed E-state index contributed by atoms with van der Waals surface area (Å²) < 4.78 is 0. The number of carbonyl (C=O) groups is 1. The molecule has 2 aromatic rings. The van der Waals surface area contributed by atoms with Crippen molar-refractivity contribution >= 4 is 23.2 Å². The maximum atomic E-state index is 11.8. The van der Waals surface area contributed by atoms with Crippen LogP contribution in [0, 0.1) is 0 Å². The predicted molar refractivity (Wildman–Crippen MR) is 75.4 cm³/mol. The molecule has 0 aliphatic carbocycles. The minimum atomic E-state index is -0.295. The van der Waals surface area contributed by atoms with Crippen LogP contribution in [-0.2, 0) is 0 Å². The molecule has 0 bridgehead atoms. The number of aromatic nitrogens is 1. The van der Waals surface area contributed by atoms with Crippen LogP contribution in [0.2, 0.25) is 5.02 Å². The van der Waals surface area contributed by atoms with Crippen molar-refractivity contribution in [2.24, 2.45) is 5.10 Å². The molecule has 5 heteroatoms. The molecule has 0 saturated carbocycles. The smallest absolute Gasteiger partial charge is 0.267 e. The van der Waals surface area contributed by atoms with Crippen LogP contribution in [0.3, 0.4) is 0 Å². The van der Waals surface area contributed by atoms with E-state index in [4.69, 9.17) is 11.6 Å². The van der Waals surface area contributed by atoms with E-state index in [1.807, 2.05) is 19.1 Å². The third-order valence-corrected chi connectivity index (χ3v) is 2.75. The predicted octanol–water partition coefficient (Wildman–Crippen LogP) is 2.89. The first-order valence-corrected chi connectivity index (χ1v) is 6.05. The SMILES string of the molecule is C/C(=N/NC(=O)c1cccc(Cl)c1)c1ccncc1. The van der Waals surface area contributed by atoms with Gasteiger partial charge in [0, 0.05) is 28.5 Å². The molecule has 1 aromatic heterocycles. The van der Waals surface area contributed by atoms with E-state index < -0.39 is 0 Å². The summed E-state index contributed by atoms with van der Waals surface area (Å²) in [6.07, 6.45) is 3.35. The van der Waals surface area contributed by atoms with Gasteiger partial charge in [-0.2, -0.15) is 5.10 Å². The Morgan fingerprint density at radius 2 is 1.95 bits per heavy atom. The molecule has 0 atom stereocenters. The van der Waals surface area contributed by atoms with Crippen LogP contribution in [0.15, 0.2) is 53.9 Å². The highest BCUT2D eigenvalue weighted by atomic mass is 35.5. The molecule has 4 nitrogen and oxygen atoms in total. The zero-order chi connectivity index (χ0) is 13.7. The quantitative estimate of drug-likeness (QED) is 0.690.